The number of anilines is 1. The fraction of sp³-hybridized carbons (Fsp3) is 0.476. The summed E-state index contributed by atoms with van der Waals surface area (Å²) in [4.78, 5) is 4.43. The molecular formula is C21H27BrN2O. The quantitative estimate of drug-likeness (QED) is 0.648. The smallest absolute Gasteiger partial charge is 0.119 e. The fourth-order valence-electron chi connectivity index (χ4n) is 3.64. The van der Waals surface area contributed by atoms with Gasteiger partial charge in [0.15, 0.2) is 0 Å². The molecule has 0 aliphatic heterocycles. The Labute approximate surface area is 159 Å². The van der Waals surface area contributed by atoms with Crippen LogP contribution in [0, 0.1) is 0 Å². The maximum Gasteiger partial charge on any atom is 0.119 e. The Morgan fingerprint density at radius 3 is 2.44 bits per heavy atom. The Balaban J connectivity index is 1.57. The number of benzene rings is 1. The number of hydrogen-bond donors (Lipinski definition) is 1. The number of nitrogens with zero attached hydrogens (tertiary/aromatic N) is 1. The molecule has 4 heteroatoms. The summed E-state index contributed by atoms with van der Waals surface area (Å²) in [5.74, 6) is 1.64. The zero-order valence-electron chi connectivity index (χ0n) is 15.1. The van der Waals surface area contributed by atoms with Crippen molar-refractivity contribution >= 4 is 21.6 Å². The van der Waals surface area contributed by atoms with E-state index in [2.05, 4.69) is 63.5 Å². The lowest BCUT2D eigenvalue weighted by atomic mass is 9.81. The van der Waals surface area contributed by atoms with E-state index in [1.165, 1.54) is 36.9 Å². The third-order valence-corrected chi connectivity index (χ3v) is 5.93. The molecule has 3 nitrogen and oxygen atoms in total. The van der Waals surface area contributed by atoms with Crippen LogP contribution in [0.4, 0.5) is 5.69 Å². The van der Waals surface area contributed by atoms with Crippen molar-refractivity contribution < 1.29 is 4.74 Å². The molecule has 0 radical (unpaired) electrons. The number of rotatable bonds is 6. The second-order valence-electron chi connectivity index (χ2n) is 6.67. The van der Waals surface area contributed by atoms with E-state index in [0.717, 1.165) is 28.9 Å². The van der Waals surface area contributed by atoms with E-state index < -0.39 is 0 Å². The molecule has 1 N–H and O–H groups in total. The fourth-order valence-corrected chi connectivity index (χ4v) is 4.27. The van der Waals surface area contributed by atoms with Crippen molar-refractivity contribution in [2.45, 2.75) is 57.9 Å². The molecule has 1 aromatic carbocycles. The second-order valence-corrected chi connectivity index (χ2v) is 7.46. The van der Waals surface area contributed by atoms with Crippen molar-refractivity contribution in [3.05, 3.63) is 52.3 Å². The molecule has 1 fully saturated rings. The minimum absolute atomic E-state index is 0.544. The number of halogens is 1. The van der Waals surface area contributed by atoms with Gasteiger partial charge in [0, 0.05) is 12.2 Å². The molecule has 0 spiro atoms. The van der Waals surface area contributed by atoms with E-state index in [-0.39, 0.29) is 0 Å². The minimum atomic E-state index is 0.544. The van der Waals surface area contributed by atoms with E-state index in [1.54, 1.807) is 0 Å². The van der Waals surface area contributed by atoms with Crippen molar-refractivity contribution in [1.29, 1.82) is 0 Å². The molecule has 1 aliphatic rings. The van der Waals surface area contributed by atoms with Crippen molar-refractivity contribution in [3.63, 3.8) is 0 Å². The zero-order valence-corrected chi connectivity index (χ0v) is 16.7. The van der Waals surface area contributed by atoms with Crippen LogP contribution in [-0.2, 0) is 6.42 Å². The van der Waals surface area contributed by atoms with Gasteiger partial charge in [0.25, 0.3) is 0 Å². The third kappa shape index (κ3) is 4.55. The summed E-state index contributed by atoms with van der Waals surface area (Å²) in [6, 6.07) is 11.3. The van der Waals surface area contributed by atoms with Crippen LogP contribution in [-0.4, -0.2) is 17.6 Å². The minimum Gasteiger partial charge on any atom is -0.494 e. The zero-order chi connectivity index (χ0) is 17.6. The van der Waals surface area contributed by atoms with Crippen molar-refractivity contribution in [2.24, 2.45) is 0 Å². The van der Waals surface area contributed by atoms with Crippen molar-refractivity contribution in [2.75, 3.05) is 11.9 Å². The normalized spacial score (nSPS) is 20.3. The molecule has 1 aliphatic carbocycles. The lowest BCUT2D eigenvalue weighted by Crippen LogP contribution is -2.25. The summed E-state index contributed by atoms with van der Waals surface area (Å²) in [5, 5.41) is 3.71. The second kappa shape index (κ2) is 8.70. The molecule has 0 atom stereocenters. The third-order valence-electron chi connectivity index (χ3n) is 5.05. The van der Waals surface area contributed by atoms with Crippen LogP contribution in [0.5, 0.6) is 5.75 Å². The van der Waals surface area contributed by atoms with Crippen LogP contribution < -0.4 is 10.1 Å². The van der Waals surface area contributed by atoms with Gasteiger partial charge < -0.3 is 10.1 Å². The maximum atomic E-state index is 5.54. The number of aromatic nitrogens is 1. The van der Waals surface area contributed by atoms with E-state index >= 15 is 0 Å². The monoisotopic (exact) mass is 402 g/mol. The summed E-state index contributed by atoms with van der Waals surface area (Å²) >= 11 is 3.70. The summed E-state index contributed by atoms with van der Waals surface area (Å²) in [6.07, 6.45) is 7.71. The Bertz CT molecular complexity index is 679. The van der Waals surface area contributed by atoms with Crippen LogP contribution in [0.1, 0.15) is 56.7 Å². The standard InChI is InChI=1S/C21H27BrN2O/c1-3-19-21(22)20(13-14-23-19)24-17-9-5-15(6-10-17)16-7-11-18(12-8-16)25-4-2/h7-8,11-15,17H,3-6,9-10H2,1-2H3,(H,23,24)/t15-,17+. The predicted octanol–water partition coefficient (Wildman–Crippen LogP) is 5.94. The van der Waals surface area contributed by atoms with Crippen LogP contribution >= 0.6 is 15.9 Å². The SMILES string of the molecule is CCOc1ccc([C@H]2CC[C@@H](Nc3ccnc(CC)c3Br)CC2)cc1. The molecule has 2 aromatic rings. The highest BCUT2D eigenvalue weighted by Crippen LogP contribution is 2.36. The average molecular weight is 403 g/mol. The van der Waals surface area contributed by atoms with Gasteiger partial charge in [0.2, 0.25) is 0 Å². The maximum absolute atomic E-state index is 5.54. The van der Waals surface area contributed by atoms with Crippen LogP contribution in [0.2, 0.25) is 0 Å². The van der Waals surface area contributed by atoms with Crippen LogP contribution in [0.3, 0.4) is 0 Å². The van der Waals surface area contributed by atoms with Crippen LogP contribution in [0.15, 0.2) is 41.0 Å². The molecule has 1 heterocycles. The first-order chi connectivity index (χ1) is 12.2. The van der Waals surface area contributed by atoms with E-state index in [1.807, 2.05) is 13.1 Å². The number of hydrogen-bond acceptors (Lipinski definition) is 3. The summed E-state index contributed by atoms with van der Waals surface area (Å²) < 4.78 is 6.66. The summed E-state index contributed by atoms with van der Waals surface area (Å²) in [5.41, 5.74) is 3.74. The van der Waals surface area contributed by atoms with Gasteiger partial charge in [-0.05, 0) is 84.6 Å². The Hall–Kier alpha value is -1.55. The molecule has 0 amide bonds. The first kappa shape index (κ1) is 18.2. The van der Waals surface area contributed by atoms with Crippen LogP contribution in [0.25, 0.3) is 0 Å². The average Bonchev–Trinajstić information content (AvgIpc) is 2.65. The highest BCUT2D eigenvalue weighted by atomic mass is 79.9. The van der Waals surface area contributed by atoms with Gasteiger partial charge in [-0.25, -0.2) is 0 Å². The molecule has 0 bridgehead atoms. The van der Waals surface area contributed by atoms with Gasteiger partial charge in [-0.1, -0.05) is 19.1 Å². The topological polar surface area (TPSA) is 34.1 Å². The number of nitrogens with one attached hydrogen (secondary N) is 1. The Morgan fingerprint density at radius 2 is 1.80 bits per heavy atom. The highest BCUT2D eigenvalue weighted by Gasteiger charge is 2.23. The van der Waals surface area contributed by atoms with Gasteiger partial charge in [-0.2, -0.15) is 0 Å². The summed E-state index contributed by atoms with van der Waals surface area (Å²) in [6.45, 7) is 4.88. The van der Waals surface area contributed by atoms with E-state index in [4.69, 9.17) is 4.74 Å². The molecule has 0 saturated heterocycles. The van der Waals surface area contributed by atoms with E-state index in [0.29, 0.717) is 12.0 Å². The molecule has 3 rings (SSSR count). The van der Waals surface area contributed by atoms with Crippen molar-refractivity contribution in [1.82, 2.24) is 4.98 Å². The molecule has 1 aromatic heterocycles. The number of ether oxygens (including phenoxy) is 1. The highest BCUT2D eigenvalue weighted by molar-refractivity contribution is 9.10. The first-order valence-electron chi connectivity index (χ1n) is 9.34. The first-order valence-corrected chi connectivity index (χ1v) is 10.1. The van der Waals surface area contributed by atoms with Gasteiger partial charge in [-0.15, -0.1) is 0 Å². The van der Waals surface area contributed by atoms with Gasteiger partial charge >= 0.3 is 0 Å². The van der Waals surface area contributed by atoms with Crippen molar-refractivity contribution in [3.8, 4) is 5.75 Å². The molecule has 1 saturated carbocycles. The number of pyridine rings is 1. The van der Waals surface area contributed by atoms with Gasteiger partial charge in [0.1, 0.15) is 5.75 Å². The lowest BCUT2D eigenvalue weighted by molar-refractivity contribution is 0.340. The Morgan fingerprint density at radius 1 is 1.08 bits per heavy atom. The van der Waals surface area contributed by atoms with Gasteiger partial charge in [0.05, 0.1) is 22.5 Å². The molecule has 0 unspecified atom stereocenters. The largest absolute Gasteiger partial charge is 0.494 e. The predicted molar refractivity (Wildman–Crippen MR) is 108 cm³/mol. The Kier molecular flexibility index (Phi) is 6.35. The number of aryl methyl sites for hydroxylation is 1. The molecule has 25 heavy (non-hydrogen) atoms. The van der Waals surface area contributed by atoms with E-state index in [9.17, 15) is 0 Å². The summed E-state index contributed by atoms with van der Waals surface area (Å²) in [7, 11) is 0. The molecule has 134 valence electrons. The van der Waals surface area contributed by atoms with Gasteiger partial charge in [-0.3, -0.25) is 4.98 Å². The molecular weight excluding hydrogens is 376 g/mol. The lowest BCUT2D eigenvalue weighted by Gasteiger charge is -2.30.